The number of halogens is 1. The number of rotatable bonds is 2. The molecule has 0 radical (unpaired) electrons. The van der Waals surface area contributed by atoms with E-state index in [1.165, 1.54) is 0 Å². The van der Waals surface area contributed by atoms with E-state index in [0.29, 0.717) is 19.7 Å². The zero-order valence-electron chi connectivity index (χ0n) is 10.8. The summed E-state index contributed by atoms with van der Waals surface area (Å²) in [7, 11) is 0. The van der Waals surface area contributed by atoms with Gasteiger partial charge in [-0.15, -0.1) is 0 Å². The molecular weight excluding hydrogens is 320 g/mol. The molecule has 5 heteroatoms. The second kappa shape index (κ2) is 5.63. The molecule has 1 aromatic heterocycles. The molecule has 4 nitrogen and oxygen atoms in total. The molecule has 2 heterocycles. The van der Waals surface area contributed by atoms with Crippen LogP contribution in [0, 0.1) is 0 Å². The van der Waals surface area contributed by atoms with E-state index in [4.69, 9.17) is 4.74 Å². The van der Waals surface area contributed by atoms with E-state index in [9.17, 15) is 4.79 Å². The van der Waals surface area contributed by atoms with Crippen molar-refractivity contribution < 1.29 is 9.53 Å². The van der Waals surface area contributed by atoms with Crippen LogP contribution in [0.4, 0.5) is 4.79 Å². The maximum atomic E-state index is 12.0. The van der Waals surface area contributed by atoms with Crippen molar-refractivity contribution in [2.24, 2.45) is 0 Å². The number of ether oxygens (including phenoxy) is 1. The lowest BCUT2D eigenvalue weighted by atomic mass is 10.2. The summed E-state index contributed by atoms with van der Waals surface area (Å²) in [6, 6.07) is 11.7. The molecule has 2 aromatic rings. The number of aromatic nitrogens is 1. The Morgan fingerprint density at radius 3 is 2.90 bits per heavy atom. The largest absolute Gasteiger partial charge is 0.445 e. The number of benzene rings is 1. The van der Waals surface area contributed by atoms with Crippen molar-refractivity contribution in [1.29, 1.82) is 0 Å². The lowest BCUT2D eigenvalue weighted by Gasteiger charge is -2.15. The number of pyridine rings is 1. The van der Waals surface area contributed by atoms with E-state index < -0.39 is 0 Å². The molecule has 1 aromatic carbocycles. The van der Waals surface area contributed by atoms with Gasteiger partial charge in [-0.1, -0.05) is 30.3 Å². The SMILES string of the molecule is O=C(OCc1ccccc1)N1Cc2cc(Br)cnc2C1. The van der Waals surface area contributed by atoms with Gasteiger partial charge in [-0.2, -0.15) is 0 Å². The average molecular weight is 333 g/mol. The fraction of sp³-hybridized carbons (Fsp3) is 0.200. The van der Waals surface area contributed by atoms with Crippen LogP contribution >= 0.6 is 15.9 Å². The first-order valence-electron chi connectivity index (χ1n) is 6.31. The minimum absolute atomic E-state index is 0.295. The predicted molar refractivity (Wildman–Crippen MR) is 77.8 cm³/mol. The fourth-order valence-electron chi connectivity index (χ4n) is 2.17. The maximum Gasteiger partial charge on any atom is 0.410 e. The molecule has 0 saturated carbocycles. The molecule has 0 fully saturated rings. The second-order valence-corrected chi connectivity index (χ2v) is 5.57. The monoisotopic (exact) mass is 332 g/mol. The first-order valence-corrected chi connectivity index (χ1v) is 7.10. The highest BCUT2D eigenvalue weighted by Crippen LogP contribution is 2.24. The van der Waals surface area contributed by atoms with Crippen molar-refractivity contribution in [1.82, 2.24) is 9.88 Å². The van der Waals surface area contributed by atoms with Crippen LogP contribution in [0.25, 0.3) is 0 Å². The van der Waals surface area contributed by atoms with E-state index in [0.717, 1.165) is 21.3 Å². The molecular formula is C15H13BrN2O2. The quantitative estimate of drug-likeness (QED) is 0.845. The third kappa shape index (κ3) is 2.82. The van der Waals surface area contributed by atoms with Crippen molar-refractivity contribution in [2.75, 3.05) is 0 Å². The molecule has 0 atom stereocenters. The minimum Gasteiger partial charge on any atom is -0.445 e. The van der Waals surface area contributed by atoms with Gasteiger partial charge in [-0.05, 0) is 33.1 Å². The Hall–Kier alpha value is -1.88. The van der Waals surface area contributed by atoms with Gasteiger partial charge in [-0.3, -0.25) is 9.88 Å². The summed E-state index contributed by atoms with van der Waals surface area (Å²) in [5.41, 5.74) is 2.99. The Labute approximate surface area is 125 Å². The van der Waals surface area contributed by atoms with E-state index in [2.05, 4.69) is 20.9 Å². The molecule has 0 aliphatic carbocycles. The molecule has 1 aliphatic rings. The molecule has 0 bridgehead atoms. The number of hydrogen-bond donors (Lipinski definition) is 0. The maximum absolute atomic E-state index is 12.0. The van der Waals surface area contributed by atoms with Gasteiger partial charge in [0.25, 0.3) is 0 Å². The Balaban J connectivity index is 1.60. The number of amides is 1. The lowest BCUT2D eigenvalue weighted by Crippen LogP contribution is -2.26. The van der Waals surface area contributed by atoms with Crippen LogP contribution in [0.15, 0.2) is 47.1 Å². The molecule has 1 amide bonds. The highest BCUT2D eigenvalue weighted by Gasteiger charge is 2.25. The van der Waals surface area contributed by atoms with Gasteiger partial charge < -0.3 is 4.74 Å². The van der Waals surface area contributed by atoms with Gasteiger partial charge in [0.05, 0.1) is 18.8 Å². The molecule has 0 N–H and O–H groups in total. The summed E-state index contributed by atoms with van der Waals surface area (Å²) in [6.07, 6.45) is 1.44. The number of carbonyl (C=O) groups is 1. The topological polar surface area (TPSA) is 42.4 Å². The third-order valence-corrected chi connectivity index (χ3v) is 3.63. The highest BCUT2D eigenvalue weighted by molar-refractivity contribution is 9.10. The number of hydrogen-bond acceptors (Lipinski definition) is 3. The van der Waals surface area contributed by atoms with Crippen molar-refractivity contribution >= 4 is 22.0 Å². The van der Waals surface area contributed by atoms with Crippen LogP contribution in [0.2, 0.25) is 0 Å². The zero-order chi connectivity index (χ0) is 13.9. The van der Waals surface area contributed by atoms with E-state index in [-0.39, 0.29) is 6.09 Å². The van der Waals surface area contributed by atoms with E-state index in [1.54, 1.807) is 11.1 Å². The van der Waals surface area contributed by atoms with Gasteiger partial charge in [0.1, 0.15) is 6.61 Å². The summed E-state index contributed by atoms with van der Waals surface area (Å²) in [5, 5.41) is 0. The van der Waals surface area contributed by atoms with Crippen LogP contribution in [0.3, 0.4) is 0 Å². The molecule has 0 unspecified atom stereocenters. The molecule has 0 saturated heterocycles. The predicted octanol–water partition coefficient (Wildman–Crippen LogP) is 3.50. The Morgan fingerprint density at radius 1 is 1.30 bits per heavy atom. The first kappa shape index (κ1) is 13.1. The first-order chi connectivity index (χ1) is 9.72. The smallest absolute Gasteiger partial charge is 0.410 e. The minimum atomic E-state index is -0.303. The summed E-state index contributed by atoms with van der Waals surface area (Å²) in [4.78, 5) is 18.0. The zero-order valence-corrected chi connectivity index (χ0v) is 12.3. The summed E-state index contributed by atoms with van der Waals surface area (Å²) in [5.74, 6) is 0. The van der Waals surface area contributed by atoms with Crippen molar-refractivity contribution in [3.8, 4) is 0 Å². The number of nitrogens with zero attached hydrogens (tertiary/aromatic N) is 2. The molecule has 3 rings (SSSR count). The van der Waals surface area contributed by atoms with Crippen molar-refractivity contribution in [3.63, 3.8) is 0 Å². The summed E-state index contributed by atoms with van der Waals surface area (Å²) in [6.45, 7) is 1.36. The standard InChI is InChI=1S/C15H13BrN2O2/c16-13-6-12-8-18(9-14(12)17-7-13)15(19)20-10-11-4-2-1-3-5-11/h1-7H,8-10H2. The second-order valence-electron chi connectivity index (χ2n) is 4.66. The van der Waals surface area contributed by atoms with Gasteiger partial charge in [-0.25, -0.2) is 4.79 Å². The lowest BCUT2D eigenvalue weighted by molar-refractivity contribution is 0.0953. The van der Waals surface area contributed by atoms with Crippen LogP contribution in [0.5, 0.6) is 0 Å². The van der Waals surface area contributed by atoms with Crippen LogP contribution < -0.4 is 0 Å². The Kier molecular flexibility index (Phi) is 3.69. The fourth-order valence-corrected chi connectivity index (χ4v) is 2.55. The number of carbonyl (C=O) groups excluding carboxylic acids is 1. The van der Waals surface area contributed by atoms with Crippen LogP contribution in [-0.2, 0) is 24.4 Å². The van der Waals surface area contributed by atoms with Gasteiger partial charge >= 0.3 is 6.09 Å². The number of fused-ring (bicyclic) bond motifs is 1. The van der Waals surface area contributed by atoms with Gasteiger partial charge in [0, 0.05) is 10.7 Å². The average Bonchev–Trinajstić information content (AvgIpc) is 2.89. The van der Waals surface area contributed by atoms with Gasteiger partial charge in [0.15, 0.2) is 0 Å². The van der Waals surface area contributed by atoms with Gasteiger partial charge in [0.2, 0.25) is 0 Å². The molecule has 0 spiro atoms. The third-order valence-electron chi connectivity index (χ3n) is 3.19. The Bertz CT molecular complexity index is 631. The molecule has 1 aliphatic heterocycles. The van der Waals surface area contributed by atoms with Crippen molar-refractivity contribution in [2.45, 2.75) is 19.7 Å². The normalized spacial score (nSPS) is 13.2. The summed E-state index contributed by atoms with van der Waals surface area (Å²) < 4.78 is 6.25. The van der Waals surface area contributed by atoms with E-state index in [1.807, 2.05) is 36.4 Å². The van der Waals surface area contributed by atoms with Crippen molar-refractivity contribution in [3.05, 3.63) is 63.9 Å². The molecule has 20 heavy (non-hydrogen) atoms. The Morgan fingerprint density at radius 2 is 2.10 bits per heavy atom. The van der Waals surface area contributed by atoms with E-state index >= 15 is 0 Å². The van der Waals surface area contributed by atoms with Crippen LogP contribution in [-0.4, -0.2) is 16.0 Å². The van der Waals surface area contributed by atoms with Crippen LogP contribution in [0.1, 0.15) is 16.8 Å². The molecule has 102 valence electrons. The summed E-state index contributed by atoms with van der Waals surface area (Å²) >= 11 is 3.39. The highest BCUT2D eigenvalue weighted by atomic mass is 79.9.